The molecule has 2 N–H and O–H groups in total. The second-order valence-electron chi connectivity index (χ2n) is 5.34. The molecule has 0 fully saturated rings. The highest BCUT2D eigenvalue weighted by Gasteiger charge is 2.34. The molecule has 15 heavy (non-hydrogen) atoms. The van der Waals surface area contributed by atoms with Crippen LogP contribution in [0.4, 0.5) is 0 Å². The molecule has 0 aromatic rings. The van der Waals surface area contributed by atoms with Gasteiger partial charge in [0.1, 0.15) is 5.54 Å². The number of nitrogens with one attached hydrogen (secondary N) is 1. The van der Waals surface area contributed by atoms with E-state index in [2.05, 4.69) is 26.1 Å². The maximum Gasteiger partial charge on any atom is 0.324 e. The summed E-state index contributed by atoms with van der Waals surface area (Å²) in [6.07, 6.45) is 0. The topological polar surface area (TPSA) is 49.3 Å². The van der Waals surface area contributed by atoms with E-state index in [1.165, 1.54) is 0 Å². The molecular weight excluding hydrogens is 210 g/mol. The van der Waals surface area contributed by atoms with Crippen LogP contribution < -0.4 is 5.32 Å². The van der Waals surface area contributed by atoms with Gasteiger partial charge in [-0.05, 0) is 20.8 Å². The zero-order valence-corrected chi connectivity index (χ0v) is 11.4. The zero-order valence-electron chi connectivity index (χ0n) is 10.5. The number of carboxylic acids is 1. The first-order valence-corrected chi connectivity index (χ1v) is 6.20. The van der Waals surface area contributed by atoms with Crippen molar-refractivity contribution in [3.05, 3.63) is 0 Å². The fourth-order valence-electron chi connectivity index (χ4n) is 1.16. The quantitative estimate of drug-likeness (QED) is 0.765. The summed E-state index contributed by atoms with van der Waals surface area (Å²) in [5.41, 5.74) is -0.841. The normalized spacial score (nSPS) is 16.5. The number of aliphatic carboxylic acids is 1. The van der Waals surface area contributed by atoms with Crippen LogP contribution in [0.5, 0.6) is 0 Å². The first-order chi connectivity index (χ1) is 6.57. The van der Waals surface area contributed by atoms with Crippen molar-refractivity contribution >= 4 is 17.7 Å². The van der Waals surface area contributed by atoms with Gasteiger partial charge in [-0.3, -0.25) is 10.1 Å². The number of rotatable bonds is 5. The van der Waals surface area contributed by atoms with E-state index in [1.807, 2.05) is 13.8 Å². The SMILES string of the molecule is CC(C)NC(C)(CSC(C)(C)C)C(=O)O. The zero-order chi connectivity index (χ0) is 12.3. The van der Waals surface area contributed by atoms with E-state index < -0.39 is 11.5 Å². The standard InChI is InChI=1S/C11H23NO2S/c1-8(2)12-11(6,9(13)14)7-15-10(3,4)5/h8,12H,7H2,1-6H3,(H,13,14). The van der Waals surface area contributed by atoms with Gasteiger partial charge in [0.15, 0.2) is 0 Å². The highest BCUT2D eigenvalue weighted by Crippen LogP contribution is 2.27. The third kappa shape index (κ3) is 6.05. The molecule has 0 saturated carbocycles. The molecule has 0 aliphatic heterocycles. The Morgan fingerprint density at radius 2 is 1.80 bits per heavy atom. The first kappa shape index (κ1) is 14.8. The predicted molar refractivity (Wildman–Crippen MR) is 66.5 cm³/mol. The highest BCUT2D eigenvalue weighted by atomic mass is 32.2. The van der Waals surface area contributed by atoms with Gasteiger partial charge in [-0.15, -0.1) is 0 Å². The molecule has 0 aliphatic rings. The average Bonchev–Trinajstić information content (AvgIpc) is 1.98. The molecule has 0 aliphatic carbocycles. The summed E-state index contributed by atoms with van der Waals surface area (Å²) in [7, 11) is 0. The van der Waals surface area contributed by atoms with Crippen molar-refractivity contribution in [2.75, 3.05) is 5.75 Å². The Kier molecular flexibility index (Phi) is 5.14. The van der Waals surface area contributed by atoms with Crippen LogP contribution in [0.2, 0.25) is 0 Å². The molecule has 0 saturated heterocycles. The van der Waals surface area contributed by atoms with Crippen molar-refractivity contribution in [1.29, 1.82) is 0 Å². The van der Waals surface area contributed by atoms with Crippen molar-refractivity contribution < 1.29 is 9.90 Å². The van der Waals surface area contributed by atoms with Crippen LogP contribution in [0.15, 0.2) is 0 Å². The van der Waals surface area contributed by atoms with E-state index >= 15 is 0 Å². The molecule has 1 unspecified atom stereocenters. The van der Waals surface area contributed by atoms with E-state index in [1.54, 1.807) is 18.7 Å². The van der Waals surface area contributed by atoms with Crippen LogP contribution >= 0.6 is 11.8 Å². The second kappa shape index (κ2) is 5.21. The van der Waals surface area contributed by atoms with Crippen LogP contribution in [-0.4, -0.2) is 33.2 Å². The minimum atomic E-state index is -0.841. The number of hydrogen-bond donors (Lipinski definition) is 2. The van der Waals surface area contributed by atoms with Gasteiger partial charge in [0, 0.05) is 16.5 Å². The number of hydrogen-bond acceptors (Lipinski definition) is 3. The molecule has 0 amide bonds. The van der Waals surface area contributed by atoms with Gasteiger partial charge in [0.2, 0.25) is 0 Å². The Labute approximate surface area is 97.0 Å². The van der Waals surface area contributed by atoms with Crippen molar-refractivity contribution in [3.8, 4) is 0 Å². The van der Waals surface area contributed by atoms with Crippen molar-refractivity contribution in [1.82, 2.24) is 5.32 Å². The van der Waals surface area contributed by atoms with Gasteiger partial charge in [-0.25, -0.2) is 0 Å². The minimum Gasteiger partial charge on any atom is -0.480 e. The summed E-state index contributed by atoms with van der Waals surface area (Å²) in [4.78, 5) is 11.2. The van der Waals surface area contributed by atoms with E-state index in [0.29, 0.717) is 5.75 Å². The number of thioether (sulfide) groups is 1. The Hall–Kier alpha value is -0.220. The van der Waals surface area contributed by atoms with E-state index in [0.717, 1.165) is 0 Å². The second-order valence-corrected chi connectivity index (χ2v) is 7.14. The summed E-state index contributed by atoms with van der Waals surface area (Å²) in [5, 5.41) is 12.3. The summed E-state index contributed by atoms with van der Waals surface area (Å²) in [6, 6.07) is 0.173. The molecule has 0 aromatic carbocycles. The van der Waals surface area contributed by atoms with E-state index in [-0.39, 0.29) is 10.8 Å². The number of carbonyl (C=O) groups is 1. The lowest BCUT2D eigenvalue weighted by atomic mass is 10.0. The molecule has 0 rings (SSSR count). The first-order valence-electron chi connectivity index (χ1n) is 5.22. The summed E-state index contributed by atoms with van der Waals surface area (Å²) in [6.45, 7) is 11.9. The molecule has 0 bridgehead atoms. The van der Waals surface area contributed by atoms with Crippen molar-refractivity contribution in [2.24, 2.45) is 0 Å². The molecule has 3 nitrogen and oxygen atoms in total. The van der Waals surface area contributed by atoms with Crippen molar-refractivity contribution in [3.63, 3.8) is 0 Å². The third-order valence-electron chi connectivity index (χ3n) is 1.87. The lowest BCUT2D eigenvalue weighted by Gasteiger charge is -2.31. The Morgan fingerprint density at radius 1 is 1.33 bits per heavy atom. The van der Waals surface area contributed by atoms with Crippen LogP contribution in [0, 0.1) is 0 Å². The summed E-state index contributed by atoms with van der Waals surface area (Å²) in [5.74, 6) is -0.211. The van der Waals surface area contributed by atoms with E-state index in [4.69, 9.17) is 0 Å². The smallest absolute Gasteiger partial charge is 0.324 e. The fourth-order valence-corrected chi connectivity index (χ4v) is 2.09. The molecule has 0 heterocycles. The highest BCUT2D eigenvalue weighted by molar-refractivity contribution is 8.00. The van der Waals surface area contributed by atoms with Gasteiger partial charge < -0.3 is 5.11 Å². The minimum absolute atomic E-state index is 0.0926. The fraction of sp³-hybridized carbons (Fsp3) is 0.909. The van der Waals surface area contributed by atoms with Gasteiger partial charge in [-0.2, -0.15) is 11.8 Å². The van der Waals surface area contributed by atoms with Crippen molar-refractivity contribution in [2.45, 2.75) is 57.9 Å². The monoisotopic (exact) mass is 233 g/mol. The van der Waals surface area contributed by atoms with Gasteiger partial charge in [0.25, 0.3) is 0 Å². The van der Waals surface area contributed by atoms with Gasteiger partial charge in [-0.1, -0.05) is 20.8 Å². The Bertz CT molecular complexity index is 223. The maximum atomic E-state index is 11.2. The Balaban J connectivity index is 4.46. The predicted octanol–water partition coefficient (Wildman–Crippen LogP) is 2.36. The Morgan fingerprint density at radius 3 is 2.07 bits per heavy atom. The van der Waals surface area contributed by atoms with Crippen LogP contribution in [0.1, 0.15) is 41.5 Å². The van der Waals surface area contributed by atoms with Gasteiger partial charge in [0.05, 0.1) is 0 Å². The molecule has 90 valence electrons. The molecule has 0 spiro atoms. The summed E-state index contributed by atoms with van der Waals surface area (Å²) < 4.78 is 0.0926. The third-order valence-corrected chi connectivity index (χ3v) is 3.46. The molecule has 1 atom stereocenters. The molecule has 0 aromatic heterocycles. The maximum absolute atomic E-state index is 11.2. The number of carboxylic acid groups (broad SMARTS) is 1. The lowest BCUT2D eigenvalue weighted by molar-refractivity contribution is -0.143. The largest absolute Gasteiger partial charge is 0.480 e. The molecular formula is C11H23NO2S. The molecule has 0 radical (unpaired) electrons. The lowest BCUT2D eigenvalue weighted by Crippen LogP contribution is -2.54. The molecule has 4 heteroatoms. The van der Waals surface area contributed by atoms with Crippen LogP contribution in [0.25, 0.3) is 0 Å². The van der Waals surface area contributed by atoms with Crippen LogP contribution in [0.3, 0.4) is 0 Å². The van der Waals surface area contributed by atoms with Crippen LogP contribution in [-0.2, 0) is 4.79 Å². The van der Waals surface area contributed by atoms with E-state index in [9.17, 15) is 9.90 Å². The average molecular weight is 233 g/mol. The van der Waals surface area contributed by atoms with Gasteiger partial charge >= 0.3 is 5.97 Å². The summed E-state index contributed by atoms with van der Waals surface area (Å²) >= 11 is 1.67.